The minimum atomic E-state index is -4.96. The number of hydrogen-bond acceptors (Lipinski definition) is 14. The van der Waals surface area contributed by atoms with Crippen LogP contribution in [0.1, 0.15) is 43.5 Å². The molecule has 1 aromatic carbocycles. The Morgan fingerprint density at radius 2 is 1.94 bits per heavy atom. The maximum absolute atomic E-state index is 13.2. The van der Waals surface area contributed by atoms with Crippen LogP contribution in [0.2, 0.25) is 0 Å². The molecule has 4 rings (SSSR count). The van der Waals surface area contributed by atoms with E-state index in [-0.39, 0.29) is 29.8 Å². The van der Waals surface area contributed by atoms with Crippen LogP contribution in [-0.4, -0.2) is 114 Å². The van der Waals surface area contributed by atoms with E-state index >= 15 is 0 Å². The Labute approximate surface area is 282 Å². The number of β-lactam (4-membered cyclic amide) rings is 1. The highest BCUT2D eigenvalue weighted by Gasteiger charge is 2.58. The molecule has 0 aliphatic carbocycles. The number of fused-ring (bicyclic) bond motifs is 1. The van der Waals surface area contributed by atoms with Gasteiger partial charge in [-0.3, -0.25) is 19.6 Å². The van der Waals surface area contributed by atoms with Gasteiger partial charge in [0.1, 0.15) is 24.1 Å². The molecule has 0 bridgehead atoms. The summed E-state index contributed by atoms with van der Waals surface area (Å²) in [6.45, 7) is 6.78. The zero-order valence-corrected chi connectivity index (χ0v) is 28.4. The van der Waals surface area contributed by atoms with E-state index in [1.807, 2.05) is 23.1 Å². The van der Waals surface area contributed by atoms with Crippen molar-refractivity contribution in [2.45, 2.75) is 51.2 Å². The fourth-order valence-corrected chi connectivity index (χ4v) is 6.22. The van der Waals surface area contributed by atoms with Gasteiger partial charge in [0, 0.05) is 31.6 Å². The third-order valence-electron chi connectivity index (χ3n) is 7.75. The number of hydrogen-bond donors (Lipinski definition) is 6. The fraction of sp³-hybridized carbons (Fsp3) is 0.536. The quantitative estimate of drug-likeness (QED) is 0.0325. The Balaban J connectivity index is 1.32. The number of benzene rings is 1. The standard InChI is InChI=1S/C28H42N10O8S2/c1-28(2)23(25(40)38(28)46-48(41,42)43)34-24(39)22(21-17-47-26(31)33-21)35-45-14-13-44-20-6-5-19-16-37(12-7-18(19)15-20)27(32)36(10-3-8-29)11-4-9-30/h5-6,15,17,23,32H,3-4,7-14,16,29-30H2,1-2H3,(H2,31,33)(H,34,39)(H,41,42,43)/b32-27?,35-22-. The molecular formula is C28H42N10O8S2. The van der Waals surface area contributed by atoms with Crippen LogP contribution in [0.15, 0.2) is 28.7 Å². The first kappa shape index (κ1) is 36.8. The summed E-state index contributed by atoms with van der Waals surface area (Å²) in [5.74, 6) is -0.631. The Hall–Kier alpha value is -4.08. The number of oxime groups is 1. The summed E-state index contributed by atoms with van der Waals surface area (Å²) in [4.78, 5) is 39.2. The zero-order valence-electron chi connectivity index (χ0n) is 26.8. The van der Waals surface area contributed by atoms with Gasteiger partial charge in [-0.15, -0.1) is 15.6 Å². The normalized spacial score (nSPS) is 17.4. The van der Waals surface area contributed by atoms with E-state index in [4.69, 9.17) is 36.7 Å². The van der Waals surface area contributed by atoms with Crippen molar-refractivity contribution in [3.05, 3.63) is 40.4 Å². The number of nitrogen functional groups attached to an aromatic ring is 1. The molecule has 20 heteroatoms. The van der Waals surface area contributed by atoms with Crippen molar-refractivity contribution in [2.75, 3.05) is 51.7 Å². The average Bonchev–Trinajstić information content (AvgIpc) is 3.48. The SMILES string of the molecule is CC1(C)C(NC(=O)/C(=N\OCCOc2ccc3c(c2)CCN(C(=N)N(CCCN)CCCN)C3)c2csc(N)n2)C(=O)N1OS(=O)(=O)O. The number of nitrogens with one attached hydrogen (secondary N) is 2. The Morgan fingerprint density at radius 3 is 2.54 bits per heavy atom. The number of thiazole rings is 1. The van der Waals surface area contributed by atoms with Gasteiger partial charge in [0.2, 0.25) is 0 Å². The number of ether oxygens (including phenoxy) is 1. The molecule has 1 unspecified atom stereocenters. The van der Waals surface area contributed by atoms with Gasteiger partial charge in [-0.05, 0) is 69.5 Å². The Bertz CT molecular complexity index is 1610. The first-order valence-corrected chi connectivity index (χ1v) is 17.5. The molecular weight excluding hydrogens is 669 g/mol. The smallest absolute Gasteiger partial charge is 0.418 e. The monoisotopic (exact) mass is 710 g/mol. The van der Waals surface area contributed by atoms with Crippen LogP contribution in [0.4, 0.5) is 5.13 Å². The lowest BCUT2D eigenvalue weighted by atomic mass is 9.84. The number of amides is 2. The van der Waals surface area contributed by atoms with E-state index in [1.54, 1.807) is 0 Å². The van der Waals surface area contributed by atoms with Crippen molar-refractivity contribution >= 4 is 50.4 Å². The molecule has 1 saturated heterocycles. The van der Waals surface area contributed by atoms with Gasteiger partial charge in [-0.1, -0.05) is 11.2 Å². The third kappa shape index (κ3) is 9.08. The van der Waals surface area contributed by atoms with Crippen LogP contribution >= 0.6 is 11.3 Å². The minimum Gasteiger partial charge on any atom is -0.490 e. The summed E-state index contributed by atoms with van der Waals surface area (Å²) in [5.41, 5.74) is 17.9. The van der Waals surface area contributed by atoms with Gasteiger partial charge in [-0.2, -0.15) is 13.5 Å². The maximum atomic E-state index is 13.2. The number of guanidine groups is 1. The van der Waals surface area contributed by atoms with Crippen molar-refractivity contribution in [2.24, 2.45) is 16.6 Å². The lowest BCUT2D eigenvalue weighted by Crippen LogP contribution is -2.76. The largest absolute Gasteiger partial charge is 0.490 e. The van der Waals surface area contributed by atoms with Gasteiger partial charge < -0.3 is 41.9 Å². The van der Waals surface area contributed by atoms with E-state index in [9.17, 15) is 18.0 Å². The molecule has 1 aromatic heterocycles. The van der Waals surface area contributed by atoms with Crippen molar-refractivity contribution < 1.29 is 36.4 Å². The molecule has 0 radical (unpaired) electrons. The number of anilines is 1. The summed E-state index contributed by atoms with van der Waals surface area (Å²) in [7, 11) is -4.96. The topological polar surface area (TPSA) is 265 Å². The zero-order chi connectivity index (χ0) is 35.1. The van der Waals surface area contributed by atoms with E-state index in [1.165, 1.54) is 19.2 Å². The fourth-order valence-electron chi connectivity index (χ4n) is 5.22. The second-order valence-corrected chi connectivity index (χ2v) is 13.5. The number of aromatic nitrogens is 1. The van der Waals surface area contributed by atoms with Crippen molar-refractivity contribution in [3.63, 3.8) is 0 Å². The van der Waals surface area contributed by atoms with Gasteiger partial charge in [0.25, 0.3) is 11.8 Å². The average molecular weight is 711 g/mol. The van der Waals surface area contributed by atoms with Gasteiger partial charge in [0.05, 0.1) is 5.54 Å². The van der Waals surface area contributed by atoms with Crippen LogP contribution in [0.25, 0.3) is 0 Å². The lowest BCUT2D eigenvalue weighted by molar-refractivity contribution is -0.218. The molecule has 3 heterocycles. The highest BCUT2D eigenvalue weighted by atomic mass is 32.3. The Morgan fingerprint density at radius 1 is 1.23 bits per heavy atom. The lowest BCUT2D eigenvalue weighted by Gasteiger charge is -2.50. The summed E-state index contributed by atoms with van der Waals surface area (Å²) in [6, 6.07) is 4.58. The third-order valence-corrected chi connectivity index (χ3v) is 8.76. The number of nitrogens with zero attached hydrogens (tertiary/aromatic N) is 5. The first-order valence-electron chi connectivity index (χ1n) is 15.2. The van der Waals surface area contributed by atoms with Gasteiger partial charge in [-0.25, -0.2) is 4.98 Å². The molecule has 1 atom stereocenters. The van der Waals surface area contributed by atoms with Crippen molar-refractivity contribution in [3.8, 4) is 5.75 Å². The number of rotatable bonds is 16. The summed E-state index contributed by atoms with van der Waals surface area (Å²) < 4.78 is 41.3. The molecule has 2 aromatic rings. The van der Waals surface area contributed by atoms with E-state index in [0.29, 0.717) is 56.0 Å². The molecule has 9 N–H and O–H groups in total. The van der Waals surface area contributed by atoms with Crippen molar-refractivity contribution in [1.29, 1.82) is 5.41 Å². The van der Waals surface area contributed by atoms with E-state index in [0.717, 1.165) is 41.7 Å². The predicted octanol–water partition coefficient (Wildman–Crippen LogP) is -0.343. The molecule has 2 amide bonds. The first-order chi connectivity index (χ1) is 22.7. The van der Waals surface area contributed by atoms with Gasteiger partial charge >= 0.3 is 10.4 Å². The van der Waals surface area contributed by atoms with Crippen LogP contribution in [-0.2, 0) is 42.1 Å². The number of carbonyl (C=O) groups excluding carboxylic acids is 2. The highest BCUT2D eigenvalue weighted by Crippen LogP contribution is 2.33. The van der Waals surface area contributed by atoms with Crippen LogP contribution in [0.5, 0.6) is 5.75 Å². The molecule has 264 valence electrons. The molecule has 2 aliphatic rings. The molecule has 0 spiro atoms. The highest BCUT2D eigenvalue weighted by molar-refractivity contribution is 7.80. The van der Waals surface area contributed by atoms with Crippen molar-refractivity contribution in [1.82, 2.24) is 25.2 Å². The van der Waals surface area contributed by atoms with Gasteiger partial charge in [0.15, 0.2) is 23.4 Å². The second kappa shape index (κ2) is 15.9. The van der Waals surface area contributed by atoms with Crippen LogP contribution in [0.3, 0.4) is 0 Å². The van der Waals surface area contributed by atoms with E-state index in [2.05, 4.69) is 24.6 Å². The molecule has 2 aliphatic heterocycles. The number of carbonyl (C=O) groups is 2. The maximum Gasteiger partial charge on any atom is 0.418 e. The minimum absolute atomic E-state index is 0.0380. The summed E-state index contributed by atoms with van der Waals surface area (Å²) >= 11 is 1.07. The van der Waals surface area contributed by atoms with Crippen LogP contribution in [0, 0.1) is 5.41 Å². The molecule has 0 saturated carbocycles. The molecule has 48 heavy (non-hydrogen) atoms. The molecule has 18 nitrogen and oxygen atoms in total. The number of hydroxylamine groups is 2. The van der Waals surface area contributed by atoms with Crippen LogP contribution < -0.4 is 27.3 Å². The summed E-state index contributed by atoms with van der Waals surface area (Å²) in [5, 5.41) is 17.3. The number of nitrogens with two attached hydrogens (primary N) is 3. The summed E-state index contributed by atoms with van der Waals surface area (Å²) in [6.07, 6.45) is 2.35. The Kier molecular flexibility index (Phi) is 12.2. The second-order valence-electron chi connectivity index (χ2n) is 11.6. The molecule has 1 fully saturated rings. The van der Waals surface area contributed by atoms with E-state index < -0.39 is 33.8 Å². The predicted molar refractivity (Wildman–Crippen MR) is 177 cm³/mol.